The summed E-state index contributed by atoms with van der Waals surface area (Å²) in [5.41, 5.74) is 1.37. The molecule has 0 bridgehead atoms. The maximum absolute atomic E-state index is 5.33. The highest BCUT2D eigenvalue weighted by Gasteiger charge is 1.98. The van der Waals surface area contributed by atoms with Crippen LogP contribution in [-0.2, 0) is 6.42 Å². The van der Waals surface area contributed by atoms with Gasteiger partial charge < -0.3 is 4.65 Å². The van der Waals surface area contributed by atoms with Gasteiger partial charge in [0.15, 0.2) is 0 Å². The molecule has 1 rings (SSSR count). The molecule has 0 atom stereocenters. The number of rotatable bonds is 5. The summed E-state index contributed by atoms with van der Waals surface area (Å²) in [7, 11) is 3.57. The van der Waals surface area contributed by atoms with Gasteiger partial charge in [-0.25, -0.2) is 0 Å². The molecule has 0 N–H and O–H groups in total. The quantitative estimate of drug-likeness (QED) is 0.641. The third-order valence-corrected chi connectivity index (χ3v) is 1.91. The van der Waals surface area contributed by atoms with Crippen LogP contribution in [0.4, 0.5) is 0 Å². The summed E-state index contributed by atoms with van der Waals surface area (Å²) >= 11 is 0. The van der Waals surface area contributed by atoms with Crippen molar-refractivity contribution in [2.75, 3.05) is 0 Å². The maximum atomic E-state index is 5.33. The normalized spacial score (nSPS) is 10.0. The van der Waals surface area contributed by atoms with Crippen molar-refractivity contribution >= 4 is 14.5 Å². The van der Waals surface area contributed by atoms with Crippen molar-refractivity contribution in [1.82, 2.24) is 0 Å². The first-order valence-electron chi connectivity index (χ1n) is 5.09. The lowest BCUT2D eigenvalue weighted by molar-refractivity contribution is 0.606. The average Bonchev–Trinajstić information content (AvgIpc) is 2.16. The molecule has 0 aliphatic heterocycles. The van der Waals surface area contributed by atoms with Crippen molar-refractivity contribution < 1.29 is 4.65 Å². The van der Waals surface area contributed by atoms with E-state index < -0.39 is 0 Å². The van der Waals surface area contributed by atoms with Gasteiger partial charge in [0.2, 0.25) is 0 Å². The van der Waals surface area contributed by atoms with Crippen LogP contribution in [0.1, 0.15) is 19.4 Å². The Labute approximate surface area is 88.4 Å². The molecule has 0 unspecified atom stereocenters. The largest absolute Gasteiger partial charge is 0.573 e. The fourth-order valence-electron chi connectivity index (χ4n) is 1.32. The molecule has 1 aromatic rings. The Morgan fingerprint density at radius 2 is 1.86 bits per heavy atom. The minimum Gasteiger partial charge on any atom is -0.573 e. The summed E-state index contributed by atoms with van der Waals surface area (Å²) in [6.07, 6.45) is 1.13. The van der Waals surface area contributed by atoms with E-state index in [0.717, 1.165) is 12.2 Å². The summed E-state index contributed by atoms with van der Waals surface area (Å²) < 4.78 is 5.33. The van der Waals surface area contributed by atoms with Gasteiger partial charge in [0.05, 0.1) is 5.75 Å². The fourth-order valence-corrected chi connectivity index (χ4v) is 1.32. The molecule has 0 aliphatic rings. The minimum absolute atomic E-state index is 0.706. The van der Waals surface area contributed by atoms with Crippen molar-refractivity contribution in [2.45, 2.75) is 27.1 Å². The van der Waals surface area contributed by atoms with Gasteiger partial charge in [0.1, 0.15) is 7.17 Å². The highest BCUT2D eigenvalue weighted by Crippen LogP contribution is 2.14. The summed E-state index contributed by atoms with van der Waals surface area (Å²) in [6.45, 7) is 6.39. The molecular weight excluding hydrogens is 170 g/mol. The van der Waals surface area contributed by atoms with E-state index in [2.05, 4.69) is 26.0 Å². The maximum Gasteiger partial charge on any atom is 0.312 e. The first kappa shape index (κ1) is 11.2. The van der Waals surface area contributed by atoms with E-state index in [9.17, 15) is 0 Å². The standard InChI is InChI=1S/C11H16B2O/c1-9(2)8-10-4-6-11(7-5-10)14-13-12-3/h4-7,9H,8H2,1-3H3. The lowest BCUT2D eigenvalue weighted by Crippen LogP contribution is -2.07. The molecule has 2 radical (unpaired) electrons. The highest BCUT2D eigenvalue weighted by molar-refractivity contribution is 6.96. The van der Waals surface area contributed by atoms with Crippen LogP contribution < -0.4 is 4.65 Å². The van der Waals surface area contributed by atoms with Crippen LogP contribution >= 0.6 is 0 Å². The van der Waals surface area contributed by atoms with E-state index >= 15 is 0 Å². The highest BCUT2D eigenvalue weighted by atomic mass is 16.4. The zero-order valence-electron chi connectivity index (χ0n) is 9.16. The Morgan fingerprint density at radius 3 is 2.36 bits per heavy atom. The van der Waals surface area contributed by atoms with Crippen molar-refractivity contribution in [3.8, 4) is 5.75 Å². The molecule has 0 heterocycles. The summed E-state index contributed by atoms with van der Waals surface area (Å²) in [6, 6.07) is 8.27. The molecule has 1 aromatic carbocycles. The zero-order chi connectivity index (χ0) is 10.4. The monoisotopic (exact) mass is 186 g/mol. The van der Waals surface area contributed by atoms with Crippen molar-refractivity contribution in [1.29, 1.82) is 0 Å². The second kappa shape index (κ2) is 5.79. The van der Waals surface area contributed by atoms with Crippen molar-refractivity contribution in [2.24, 2.45) is 5.92 Å². The topological polar surface area (TPSA) is 9.23 Å². The summed E-state index contributed by atoms with van der Waals surface area (Å²) in [5.74, 6) is 1.60. The van der Waals surface area contributed by atoms with Crippen molar-refractivity contribution in [3.63, 3.8) is 0 Å². The second-order valence-electron chi connectivity index (χ2n) is 3.83. The van der Waals surface area contributed by atoms with E-state index in [4.69, 9.17) is 4.65 Å². The average molecular weight is 186 g/mol. The minimum atomic E-state index is 0.706. The van der Waals surface area contributed by atoms with Crippen LogP contribution in [-0.4, -0.2) is 14.5 Å². The predicted molar refractivity (Wildman–Crippen MR) is 63.0 cm³/mol. The lowest BCUT2D eigenvalue weighted by atomic mass is 9.52. The number of hydrogen-bond donors (Lipinski definition) is 0. The van der Waals surface area contributed by atoms with Gasteiger partial charge >= 0.3 is 7.37 Å². The van der Waals surface area contributed by atoms with E-state index in [-0.39, 0.29) is 0 Å². The molecule has 14 heavy (non-hydrogen) atoms. The number of hydrogen-bond acceptors (Lipinski definition) is 1. The first-order chi connectivity index (χ1) is 6.72. The summed E-state index contributed by atoms with van der Waals surface area (Å²) in [5, 5.41) is 0. The van der Waals surface area contributed by atoms with E-state index in [1.807, 2.05) is 26.1 Å². The second-order valence-corrected chi connectivity index (χ2v) is 3.83. The van der Waals surface area contributed by atoms with Gasteiger partial charge in [-0.3, -0.25) is 0 Å². The van der Waals surface area contributed by atoms with E-state index in [0.29, 0.717) is 5.92 Å². The molecule has 0 spiro atoms. The SMILES string of the molecule is C[B][B]Oc1ccc(CC(C)C)cc1. The van der Waals surface area contributed by atoms with Crippen LogP contribution in [0.15, 0.2) is 24.3 Å². The van der Waals surface area contributed by atoms with Gasteiger partial charge in [-0.15, -0.1) is 0 Å². The predicted octanol–water partition coefficient (Wildman–Crippen LogP) is 2.55. The molecule has 0 aliphatic carbocycles. The van der Waals surface area contributed by atoms with Gasteiger partial charge in [0, 0.05) is 0 Å². The molecule has 1 nitrogen and oxygen atoms in total. The van der Waals surface area contributed by atoms with Crippen LogP contribution in [0, 0.1) is 5.92 Å². The van der Waals surface area contributed by atoms with Gasteiger partial charge in [-0.2, -0.15) is 0 Å². The van der Waals surface area contributed by atoms with Gasteiger partial charge in [-0.1, -0.05) is 32.8 Å². The number of benzene rings is 1. The third-order valence-electron chi connectivity index (χ3n) is 1.91. The molecule has 72 valence electrons. The van der Waals surface area contributed by atoms with Crippen LogP contribution in [0.5, 0.6) is 5.75 Å². The third kappa shape index (κ3) is 3.91. The van der Waals surface area contributed by atoms with Crippen LogP contribution in [0.2, 0.25) is 6.82 Å². The molecule has 0 fully saturated rings. The lowest BCUT2D eigenvalue weighted by Gasteiger charge is -2.07. The Bertz CT molecular complexity index is 256. The van der Waals surface area contributed by atoms with Gasteiger partial charge in [0.25, 0.3) is 0 Å². The molecule has 0 saturated carbocycles. The first-order valence-corrected chi connectivity index (χ1v) is 5.09. The smallest absolute Gasteiger partial charge is 0.312 e. The van der Waals surface area contributed by atoms with Crippen LogP contribution in [0.25, 0.3) is 0 Å². The van der Waals surface area contributed by atoms with Gasteiger partial charge in [-0.05, 0) is 30.0 Å². The van der Waals surface area contributed by atoms with Crippen molar-refractivity contribution in [3.05, 3.63) is 29.8 Å². The Morgan fingerprint density at radius 1 is 1.21 bits per heavy atom. The molecular formula is C11H16B2O. The Kier molecular flexibility index (Phi) is 4.64. The zero-order valence-corrected chi connectivity index (χ0v) is 9.16. The fraction of sp³-hybridized carbons (Fsp3) is 0.455. The van der Waals surface area contributed by atoms with E-state index in [1.54, 1.807) is 7.37 Å². The molecule has 0 saturated heterocycles. The van der Waals surface area contributed by atoms with Crippen LogP contribution in [0.3, 0.4) is 0 Å². The van der Waals surface area contributed by atoms with E-state index in [1.165, 1.54) is 5.56 Å². The molecule has 3 heteroatoms. The summed E-state index contributed by atoms with van der Waals surface area (Å²) in [4.78, 5) is 0. The Balaban J connectivity index is 2.50. The Hall–Kier alpha value is -0.850. The molecule has 0 amide bonds. The molecule has 0 aromatic heterocycles.